The van der Waals surface area contributed by atoms with Crippen molar-refractivity contribution in [2.45, 2.75) is 25.9 Å². The van der Waals surface area contributed by atoms with Crippen LogP contribution >= 0.6 is 0 Å². The topological polar surface area (TPSA) is 63.2 Å². The monoisotopic (exact) mass is 168 g/mol. The molecule has 0 unspecified atom stereocenters. The van der Waals surface area contributed by atoms with Gasteiger partial charge in [0.1, 0.15) is 0 Å². The first kappa shape index (κ1) is 11.7. The number of rotatable bonds is 2. The van der Waals surface area contributed by atoms with Crippen LogP contribution in [0.1, 0.15) is 20.3 Å². The van der Waals surface area contributed by atoms with Crippen LogP contribution in [0.5, 0.6) is 0 Å². The van der Waals surface area contributed by atoms with E-state index in [-0.39, 0.29) is 17.4 Å². The molecule has 0 atom stereocenters. The Morgan fingerprint density at radius 3 is 1.89 bits per heavy atom. The normalized spacial score (nSPS) is 10.1. The molecule has 52 valence electrons. The first-order chi connectivity index (χ1) is 3.42. The molecular formula is C5H8CrO3. The fourth-order valence-corrected chi connectivity index (χ4v) is 0.348. The van der Waals surface area contributed by atoms with Gasteiger partial charge in [0, 0.05) is 5.97 Å². The summed E-state index contributed by atoms with van der Waals surface area (Å²) in [7, 11) is 0. The largest absolute Gasteiger partial charge is 2.00 e. The second-order valence-electron chi connectivity index (χ2n) is 2.31. The summed E-state index contributed by atoms with van der Waals surface area (Å²) < 4.78 is 0. The summed E-state index contributed by atoms with van der Waals surface area (Å²) in [6.07, 6.45) is -0.424. The molecule has 0 aliphatic heterocycles. The van der Waals surface area contributed by atoms with Crippen molar-refractivity contribution >= 4 is 5.97 Å². The summed E-state index contributed by atoms with van der Waals surface area (Å²) in [6, 6.07) is 0. The van der Waals surface area contributed by atoms with Crippen LogP contribution in [0.15, 0.2) is 0 Å². The zero-order valence-electron chi connectivity index (χ0n) is 5.34. The van der Waals surface area contributed by atoms with Gasteiger partial charge in [-0.1, -0.05) is 13.8 Å². The van der Waals surface area contributed by atoms with Crippen LogP contribution in [0.25, 0.3) is 0 Å². The Morgan fingerprint density at radius 1 is 1.56 bits per heavy atom. The molecule has 0 fully saturated rings. The van der Waals surface area contributed by atoms with Crippen LogP contribution in [0, 0.1) is 0 Å². The van der Waals surface area contributed by atoms with Crippen molar-refractivity contribution in [3.63, 3.8) is 0 Å². The Balaban J connectivity index is 0. The van der Waals surface area contributed by atoms with Crippen LogP contribution < -0.4 is 10.2 Å². The second-order valence-corrected chi connectivity index (χ2v) is 2.31. The van der Waals surface area contributed by atoms with E-state index in [1.165, 1.54) is 13.8 Å². The molecule has 0 aromatic rings. The molecule has 0 rings (SSSR count). The molecule has 4 heteroatoms. The van der Waals surface area contributed by atoms with Gasteiger partial charge < -0.3 is 15.0 Å². The molecule has 0 saturated heterocycles. The van der Waals surface area contributed by atoms with Crippen LogP contribution in [0.3, 0.4) is 0 Å². The molecule has 0 aliphatic carbocycles. The third-order valence-electron chi connectivity index (χ3n) is 0.570. The minimum absolute atomic E-state index is 0. The summed E-state index contributed by atoms with van der Waals surface area (Å²) in [5.74, 6) is -1.29. The van der Waals surface area contributed by atoms with Crippen LogP contribution in [0.2, 0.25) is 0 Å². The van der Waals surface area contributed by atoms with Crippen molar-refractivity contribution in [1.29, 1.82) is 0 Å². The summed E-state index contributed by atoms with van der Waals surface area (Å²) in [5.41, 5.74) is -1.39. The molecule has 0 aromatic heterocycles. The van der Waals surface area contributed by atoms with Crippen molar-refractivity contribution in [2.75, 3.05) is 0 Å². The van der Waals surface area contributed by atoms with E-state index in [1.807, 2.05) is 0 Å². The standard InChI is InChI=1S/C5H9O3.Cr/c1-5(2,8)3-4(6)7;/h3H2,1-2H3,(H,6,7);/q-1;+2/p-1. The average Bonchev–Trinajstić information content (AvgIpc) is 1.21. The van der Waals surface area contributed by atoms with E-state index in [4.69, 9.17) is 0 Å². The van der Waals surface area contributed by atoms with E-state index in [0.717, 1.165) is 0 Å². The van der Waals surface area contributed by atoms with Gasteiger partial charge in [-0.2, -0.15) is 0 Å². The van der Waals surface area contributed by atoms with E-state index in [0.29, 0.717) is 0 Å². The smallest absolute Gasteiger partial charge is 0.850 e. The first-order valence-corrected chi connectivity index (χ1v) is 2.32. The molecule has 9 heavy (non-hydrogen) atoms. The maximum absolute atomic E-state index is 10.5. The number of hydrogen-bond acceptors (Lipinski definition) is 3. The van der Waals surface area contributed by atoms with Crippen molar-refractivity contribution in [1.82, 2.24) is 0 Å². The molecule has 0 aromatic carbocycles. The fraction of sp³-hybridized carbons (Fsp3) is 0.800. The molecular weight excluding hydrogens is 160 g/mol. The van der Waals surface area contributed by atoms with Crippen molar-refractivity contribution in [3.8, 4) is 0 Å². The Bertz CT molecular complexity index is 94.9. The van der Waals surface area contributed by atoms with E-state index < -0.39 is 18.0 Å². The van der Waals surface area contributed by atoms with E-state index in [9.17, 15) is 15.0 Å². The fourth-order valence-electron chi connectivity index (χ4n) is 0.348. The molecule has 0 saturated carbocycles. The van der Waals surface area contributed by atoms with Crippen LogP contribution in [-0.4, -0.2) is 11.6 Å². The zero-order chi connectivity index (χ0) is 6.78. The minimum atomic E-state index is -1.39. The van der Waals surface area contributed by atoms with Crippen molar-refractivity contribution < 1.29 is 32.4 Å². The van der Waals surface area contributed by atoms with Gasteiger partial charge in [-0.15, -0.1) is 5.60 Å². The Kier molecular flexibility index (Phi) is 5.07. The van der Waals surface area contributed by atoms with Crippen molar-refractivity contribution in [2.24, 2.45) is 0 Å². The van der Waals surface area contributed by atoms with Gasteiger partial charge in [0.25, 0.3) is 0 Å². The predicted octanol–water partition coefficient (Wildman–Crippen LogP) is -1.74. The summed E-state index contributed by atoms with van der Waals surface area (Å²) in [5, 5.41) is 20.2. The van der Waals surface area contributed by atoms with Crippen LogP contribution in [0.4, 0.5) is 0 Å². The van der Waals surface area contributed by atoms with E-state index in [2.05, 4.69) is 0 Å². The predicted molar refractivity (Wildman–Crippen MR) is 23.7 cm³/mol. The number of aliphatic carboxylic acids is 1. The van der Waals surface area contributed by atoms with Gasteiger partial charge in [0.15, 0.2) is 0 Å². The Labute approximate surface area is 64.8 Å². The molecule has 0 spiro atoms. The number of carboxylic acids is 1. The Hall–Kier alpha value is -0.0375. The van der Waals surface area contributed by atoms with Gasteiger partial charge in [-0.05, 0) is 6.42 Å². The van der Waals surface area contributed by atoms with Gasteiger partial charge in [0.05, 0.1) is 0 Å². The maximum Gasteiger partial charge on any atom is 2.00 e. The van der Waals surface area contributed by atoms with Crippen LogP contribution in [-0.2, 0) is 22.2 Å². The average molecular weight is 168 g/mol. The quantitative estimate of drug-likeness (QED) is 0.491. The van der Waals surface area contributed by atoms with Gasteiger partial charge in [-0.25, -0.2) is 0 Å². The number of carbonyl (C=O) groups is 1. The first-order valence-electron chi connectivity index (χ1n) is 2.32. The Morgan fingerprint density at radius 2 is 1.89 bits per heavy atom. The molecule has 0 heterocycles. The molecule has 0 bridgehead atoms. The summed E-state index contributed by atoms with van der Waals surface area (Å²) >= 11 is 0. The molecule has 3 nitrogen and oxygen atoms in total. The third kappa shape index (κ3) is 11.5. The van der Waals surface area contributed by atoms with E-state index in [1.54, 1.807) is 0 Å². The SMILES string of the molecule is CC(C)([O-])CC(=O)[O-].[Cr+2]. The van der Waals surface area contributed by atoms with Gasteiger partial charge in [0.2, 0.25) is 0 Å². The summed E-state index contributed by atoms with van der Waals surface area (Å²) in [6.45, 7) is 2.62. The second kappa shape index (κ2) is 3.89. The molecule has 0 amide bonds. The van der Waals surface area contributed by atoms with E-state index >= 15 is 0 Å². The van der Waals surface area contributed by atoms with Gasteiger partial charge in [-0.3, -0.25) is 0 Å². The maximum atomic E-state index is 10.5. The van der Waals surface area contributed by atoms with Gasteiger partial charge >= 0.3 is 17.4 Å². The molecule has 0 radical (unpaired) electrons. The summed E-state index contributed by atoms with van der Waals surface area (Å²) in [4.78, 5) is 9.70. The zero-order valence-corrected chi connectivity index (χ0v) is 6.62. The third-order valence-corrected chi connectivity index (χ3v) is 0.570. The number of carbonyl (C=O) groups excluding carboxylic acids is 1. The number of hydrogen-bond donors (Lipinski definition) is 0. The van der Waals surface area contributed by atoms with Crippen molar-refractivity contribution in [3.05, 3.63) is 0 Å². The number of carboxylic acid groups (broad SMARTS) is 1. The molecule has 0 aliphatic rings. The minimum Gasteiger partial charge on any atom is -0.850 e. The molecule has 0 N–H and O–H groups in total.